The van der Waals surface area contributed by atoms with E-state index in [0.717, 1.165) is 11.3 Å². The Kier molecular flexibility index (Phi) is 6.75. The predicted octanol–water partition coefficient (Wildman–Crippen LogP) is 3.53. The van der Waals surface area contributed by atoms with Crippen molar-refractivity contribution in [1.82, 2.24) is 5.32 Å². The van der Waals surface area contributed by atoms with Gasteiger partial charge >= 0.3 is 0 Å². The molecule has 1 heterocycles. The minimum atomic E-state index is -1.24. The van der Waals surface area contributed by atoms with Crippen LogP contribution in [0.4, 0.5) is 5.69 Å². The molecule has 4 rings (SSSR count). The number of ether oxygens (including phenoxy) is 2. The highest BCUT2D eigenvalue weighted by atomic mass is 32.2. The maximum atomic E-state index is 12.4. The second-order valence-corrected chi connectivity index (χ2v) is 8.03. The summed E-state index contributed by atoms with van der Waals surface area (Å²) in [5, 5.41) is 14.3. The lowest BCUT2D eigenvalue weighted by Gasteiger charge is -2.12. The van der Waals surface area contributed by atoms with Gasteiger partial charge in [-0.2, -0.15) is 0 Å². The molecule has 8 heteroatoms. The van der Waals surface area contributed by atoms with Gasteiger partial charge in [-0.3, -0.25) is 4.79 Å². The number of carbonyl (C=O) groups excluding carboxylic acids is 2. The summed E-state index contributed by atoms with van der Waals surface area (Å²) in [5.41, 5.74) is 2.30. The van der Waals surface area contributed by atoms with Crippen LogP contribution in [-0.2, 0) is 11.4 Å². The number of hydrogen-bond donors (Lipinski definition) is 1. The zero-order chi connectivity index (χ0) is 23.2. The van der Waals surface area contributed by atoms with Crippen LogP contribution in [0.3, 0.4) is 0 Å². The van der Waals surface area contributed by atoms with E-state index in [1.165, 1.54) is 31.0 Å². The van der Waals surface area contributed by atoms with E-state index in [1.54, 1.807) is 30.3 Å². The Bertz CT molecular complexity index is 1250. The third kappa shape index (κ3) is 5.61. The molecule has 1 fully saturated rings. The first-order valence-electron chi connectivity index (χ1n) is 9.97. The number of amidine groups is 1. The van der Waals surface area contributed by atoms with Gasteiger partial charge in [0.15, 0.2) is 16.7 Å². The molecule has 0 aliphatic carbocycles. The average Bonchev–Trinajstić information content (AvgIpc) is 3.17. The Balaban J connectivity index is 1.48. The van der Waals surface area contributed by atoms with Crippen molar-refractivity contribution in [2.75, 3.05) is 7.11 Å². The molecule has 1 aliphatic heterocycles. The normalized spacial score (nSPS) is 15.5. The monoisotopic (exact) mass is 459 g/mol. The number of rotatable bonds is 7. The smallest absolute Gasteiger partial charge is 0.264 e. The standard InChI is InChI=1S/C25H20N2O5S/c1-31-21-13-16(10-11-20(21)32-15-17-6-5-7-18(12-17)24(29)30)14-22-23(28)27-25(33-22)26-19-8-3-2-4-9-19/h2-14H,15H2,1H3,(H,29,30)(H,26,27,28)/p-1/b22-14-. The quantitative estimate of drug-likeness (QED) is 0.543. The van der Waals surface area contributed by atoms with Crippen LogP contribution in [0.25, 0.3) is 6.08 Å². The first kappa shape index (κ1) is 22.2. The molecule has 0 spiro atoms. The number of para-hydroxylation sites is 1. The van der Waals surface area contributed by atoms with Gasteiger partial charge in [-0.15, -0.1) is 0 Å². The second-order valence-electron chi connectivity index (χ2n) is 7.00. The molecule has 0 bridgehead atoms. The highest BCUT2D eigenvalue weighted by molar-refractivity contribution is 8.18. The third-order valence-electron chi connectivity index (χ3n) is 4.68. The van der Waals surface area contributed by atoms with E-state index in [-0.39, 0.29) is 18.1 Å². The van der Waals surface area contributed by atoms with E-state index in [4.69, 9.17) is 9.47 Å². The molecule has 0 unspecified atom stereocenters. The molecule has 1 saturated heterocycles. The molecule has 33 heavy (non-hydrogen) atoms. The minimum absolute atomic E-state index is 0.0903. The van der Waals surface area contributed by atoms with Gasteiger partial charge in [-0.1, -0.05) is 42.5 Å². The molecule has 1 aliphatic rings. The second kappa shape index (κ2) is 10.1. The number of carboxylic acid groups (broad SMARTS) is 1. The maximum absolute atomic E-state index is 12.4. The lowest BCUT2D eigenvalue weighted by Crippen LogP contribution is -2.22. The van der Waals surface area contributed by atoms with Gasteiger partial charge < -0.3 is 24.7 Å². The van der Waals surface area contributed by atoms with Crippen LogP contribution in [0.2, 0.25) is 0 Å². The van der Waals surface area contributed by atoms with Crippen LogP contribution < -0.4 is 19.9 Å². The molecule has 0 radical (unpaired) electrons. The number of nitrogens with zero attached hydrogens (tertiary/aromatic N) is 1. The molecule has 7 nitrogen and oxygen atoms in total. The molecular formula is C25H19N2O5S-. The van der Waals surface area contributed by atoms with Gasteiger partial charge in [-0.25, -0.2) is 4.99 Å². The van der Waals surface area contributed by atoms with Crippen molar-refractivity contribution >= 4 is 40.6 Å². The van der Waals surface area contributed by atoms with Gasteiger partial charge in [0.1, 0.15) is 6.61 Å². The van der Waals surface area contributed by atoms with Crippen LogP contribution in [-0.4, -0.2) is 24.2 Å². The van der Waals surface area contributed by atoms with Gasteiger partial charge in [0.25, 0.3) is 5.91 Å². The van der Waals surface area contributed by atoms with Crippen molar-refractivity contribution in [2.24, 2.45) is 4.99 Å². The third-order valence-corrected chi connectivity index (χ3v) is 5.59. The molecule has 1 amide bonds. The Morgan fingerprint density at radius 1 is 1.06 bits per heavy atom. The van der Waals surface area contributed by atoms with E-state index in [1.807, 2.05) is 36.4 Å². The summed E-state index contributed by atoms with van der Waals surface area (Å²) >= 11 is 1.26. The molecule has 0 atom stereocenters. The Labute approximate surface area is 194 Å². The van der Waals surface area contributed by atoms with Gasteiger partial charge in [-0.05, 0) is 64.9 Å². The number of carboxylic acids is 1. The fourth-order valence-electron chi connectivity index (χ4n) is 3.09. The number of nitrogens with one attached hydrogen (secondary N) is 1. The molecule has 166 valence electrons. The van der Waals surface area contributed by atoms with Crippen LogP contribution in [0.1, 0.15) is 21.5 Å². The van der Waals surface area contributed by atoms with Crippen molar-refractivity contribution in [2.45, 2.75) is 6.61 Å². The summed E-state index contributed by atoms with van der Waals surface area (Å²) < 4.78 is 11.3. The van der Waals surface area contributed by atoms with Crippen molar-refractivity contribution in [3.8, 4) is 11.5 Å². The molecule has 0 aromatic heterocycles. The highest BCUT2D eigenvalue weighted by Gasteiger charge is 2.24. The number of aromatic carboxylic acids is 1. The number of hydrogen-bond acceptors (Lipinski definition) is 7. The van der Waals surface area contributed by atoms with Gasteiger partial charge in [0.05, 0.1) is 23.7 Å². The van der Waals surface area contributed by atoms with Gasteiger partial charge in [0, 0.05) is 0 Å². The first-order chi connectivity index (χ1) is 16.0. The highest BCUT2D eigenvalue weighted by Crippen LogP contribution is 2.32. The minimum Gasteiger partial charge on any atom is -0.545 e. The molecule has 0 saturated carbocycles. The molecule has 3 aromatic rings. The number of thioether (sulfide) groups is 1. The summed E-state index contributed by atoms with van der Waals surface area (Å²) in [6, 6.07) is 21.1. The Morgan fingerprint density at radius 2 is 1.88 bits per heavy atom. The summed E-state index contributed by atoms with van der Waals surface area (Å²) in [5.74, 6) is -0.477. The van der Waals surface area contributed by atoms with Crippen LogP contribution >= 0.6 is 11.8 Å². The lowest BCUT2D eigenvalue weighted by atomic mass is 10.1. The Morgan fingerprint density at radius 3 is 2.64 bits per heavy atom. The van der Waals surface area contributed by atoms with Crippen molar-refractivity contribution < 1.29 is 24.2 Å². The Hall–Kier alpha value is -4.04. The number of carbonyl (C=O) groups is 2. The number of aliphatic imine (C=N–C) groups is 1. The summed E-state index contributed by atoms with van der Waals surface area (Å²) in [6.45, 7) is 0.162. The number of amides is 1. The van der Waals surface area contributed by atoms with Crippen molar-refractivity contribution in [3.05, 3.63) is 94.4 Å². The first-order valence-corrected chi connectivity index (χ1v) is 10.8. The van der Waals surface area contributed by atoms with E-state index in [0.29, 0.717) is 27.1 Å². The molecule has 3 aromatic carbocycles. The van der Waals surface area contributed by atoms with Crippen LogP contribution in [0, 0.1) is 0 Å². The number of methoxy groups -OCH3 is 1. The average molecular weight is 460 g/mol. The summed E-state index contributed by atoms with van der Waals surface area (Å²) in [6.07, 6.45) is 1.75. The lowest BCUT2D eigenvalue weighted by molar-refractivity contribution is -0.255. The van der Waals surface area contributed by atoms with E-state index >= 15 is 0 Å². The zero-order valence-electron chi connectivity index (χ0n) is 17.6. The maximum Gasteiger partial charge on any atom is 0.264 e. The van der Waals surface area contributed by atoms with E-state index in [9.17, 15) is 14.7 Å². The van der Waals surface area contributed by atoms with Crippen molar-refractivity contribution in [3.63, 3.8) is 0 Å². The topological polar surface area (TPSA) is 100 Å². The largest absolute Gasteiger partial charge is 0.545 e. The summed E-state index contributed by atoms with van der Waals surface area (Å²) in [7, 11) is 1.53. The van der Waals surface area contributed by atoms with Crippen LogP contribution in [0.5, 0.6) is 11.5 Å². The SMILES string of the molecule is COc1cc(/C=C2\SC(=Nc3ccccc3)NC2=O)ccc1OCc1cccc(C(=O)[O-])c1. The summed E-state index contributed by atoms with van der Waals surface area (Å²) in [4.78, 5) is 28.3. The zero-order valence-corrected chi connectivity index (χ0v) is 18.4. The number of benzene rings is 3. The van der Waals surface area contributed by atoms with Crippen molar-refractivity contribution in [1.29, 1.82) is 0 Å². The fraction of sp³-hybridized carbons (Fsp3) is 0.0800. The van der Waals surface area contributed by atoms with Gasteiger partial charge in [0.2, 0.25) is 0 Å². The van der Waals surface area contributed by atoms with E-state index < -0.39 is 5.97 Å². The van der Waals surface area contributed by atoms with E-state index in [2.05, 4.69) is 10.3 Å². The molecular weight excluding hydrogens is 440 g/mol. The van der Waals surface area contributed by atoms with Crippen LogP contribution in [0.15, 0.2) is 82.7 Å². The fourth-order valence-corrected chi connectivity index (χ4v) is 3.94. The molecule has 1 N–H and O–H groups in total. The predicted molar refractivity (Wildman–Crippen MR) is 125 cm³/mol.